The molecule has 2 N–H and O–H groups in total. The van der Waals surface area contributed by atoms with Crippen LogP contribution in [0.3, 0.4) is 0 Å². The van der Waals surface area contributed by atoms with Gasteiger partial charge in [0.25, 0.3) is 0 Å². The molecule has 0 aromatic carbocycles. The summed E-state index contributed by atoms with van der Waals surface area (Å²) in [5.41, 5.74) is 5.58. The molecule has 1 atom stereocenters. The zero-order chi connectivity index (χ0) is 7.94. The van der Waals surface area contributed by atoms with Crippen LogP contribution in [0.25, 0.3) is 0 Å². The van der Waals surface area contributed by atoms with Crippen molar-refractivity contribution >= 4 is 0 Å². The summed E-state index contributed by atoms with van der Waals surface area (Å²) in [6.07, 6.45) is 7.91. The van der Waals surface area contributed by atoms with Gasteiger partial charge < -0.3 is 10.5 Å². The maximum Gasteiger partial charge on any atom is 0.0647 e. The average Bonchev–Trinajstić information content (AvgIpc) is 2.16. The summed E-state index contributed by atoms with van der Waals surface area (Å²) in [5.74, 6) is 0.580. The topological polar surface area (TPSA) is 35.2 Å². The summed E-state index contributed by atoms with van der Waals surface area (Å²) >= 11 is 0. The first-order valence-corrected chi connectivity index (χ1v) is 4.38. The Hall–Kier alpha value is -0.340. The molecule has 0 radical (unpaired) electrons. The van der Waals surface area contributed by atoms with Crippen molar-refractivity contribution in [2.75, 3.05) is 19.8 Å². The molecule has 0 aliphatic carbocycles. The second-order valence-electron chi connectivity index (χ2n) is 2.99. The molecule has 2 nitrogen and oxygen atoms in total. The molecule has 0 saturated carbocycles. The molecule has 11 heavy (non-hydrogen) atoms. The van der Waals surface area contributed by atoms with Crippen LogP contribution >= 0.6 is 0 Å². The highest BCUT2D eigenvalue weighted by atomic mass is 16.5. The Labute approximate surface area is 68.4 Å². The van der Waals surface area contributed by atoms with Crippen molar-refractivity contribution in [2.24, 2.45) is 11.7 Å². The molecule has 0 fully saturated rings. The quantitative estimate of drug-likeness (QED) is 0.580. The van der Waals surface area contributed by atoms with Gasteiger partial charge in [0.15, 0.2) is 0 Å². The summed E-state index contributed by atoms with van der Waals surface area (Å²) in [6, 6.07) is 0. The van der Waals surface area contributed by atoms with Crippen LogP contribution in [0.4, 0.5) is 0 Å². The molecule has 0 bridgehead atoms. The van der Waals surface area contributed by atoms with E-state index in [9.17, 15) is 0 Å². The lowest BCUT2D eigenvalue weighted by atomic mass is 10.0. The molecule has 0 saturated heterocycles. The summed E-state index contributed by atoms with van der Waals surface area (Å²) in [6.45, 7) is 2.44. The Morgan fingerprint density at radius 2 is 2.36 bits per heavy atom. The van der Waals surface area contributed by atoms with E-state index in [1.165, 1.54) is 19.3 Å². The molecule has 2 heteroatoms. The lowest BCUT2D eigenvalue weighted by Gasteiger charge is -2.06. The van der Waals surface area contributed by atoms with Gasteiger partial charge in [-0.15, -0.1) is 0 Å². The molecular formula is C9H17NO. The number of ether oxygens (including phenoxy) is 1. The molecule has 1 rings (SSSR count). The standard InChI is InChI=1S/C9H17NO/c10-8-9-4-1-2-6-11-7-3-5-9/h3,5,9H,1-2,4,6-8,10H2/b5-3-/t9-/m0/s1. The van der Waals surface area contributed by atoms with Gasteiger partial charge in [0, 0.05) is 6.61 Å². The van der Waals surface area contributed by atoms with Gasteiger partial charge in [-0.1, -0.05) is 18.6 Å². The summed E-state index contributed by atoms with van der Waals surface area (Å²) < 4.78 is 5.32. The normalized spacial score (nSPS) is 30.1. The number of nitrogens with two attached hydrogens (primary N) is 1. The van der Waals surface area contributed by atoms with Crippen LogP contribution in [0, 0.1) is 5.92 Å². The number of hydrogen-bond acceptors (Lipinski definition) is 2. The lowest BCUT2D eigenvalue weighted by molar-refractivity contribution is 0.158. The van der Waals surface area contributed by atoms with Gasteiger partial charge in [0.1, 0.15) is 0 Å². The Morgan fingerprint density at radius 3 is 3.18 bits per heavy atom. The van der Waals surface area contributed by atoms with Gasteiger partial charge in [0.2, 0.25) is 0 Å². The third-order valence-electron chi connectivity index (χ3n) is 2.04. The van der Waals surface area contributed by atoms with Crippen LogP contribution in [0.1, 0.15) is 19.3 Å². The zero-order valence-electron chi connectivity index (χ0n) is 6.96. The smallest absolute Gasteiger partial charge is 0.0647 e. The lowest BCUT2D eigenvalue weighted by Crippen LogP contribution is -2.11. The van der Waals surface area contributed by atoms with Crippen LogP contribution < -0.4 is 5.73 Å². The first-order valence-electron chi connectivity index (χ1n) is 4.38. The molecule has 0 aromatic heterocycles. The number of rotatable bonds is 1. The Morgan fingerprint density at radius 1 is 1.45 bits per heavy atom. The summed E-state index contributed by atoms with van der Waals surface area (Å²) in [5, 5.41) is 0. The molecule has 1 aliphatic heterocycles. The van der Waals surface area contributed by atoms with Gasteiger partial charge in [-0.25, -0.2) is 0 Å². The van der Waals surface area contributed by atoms with E-state index in [2.05, 4.69) is 12.2 Å². The molecule has 1 heterocycles. The fraction of sp³-hybridized carbons (Fsp3) is 0.778. The van der Waals surface area contributed by atoms with Crippen molar-refractivity contribution in [1.29, 1.82) is 0 Å². The highest BCUT2D eigenvalue weighted by Gasteiger charge is 2.02. The minimum atomic E-state index is 0.580. The van der Waals surface area contributed by atoms with E-state index >= 15 is 0 Å². The first kappa shape index (κ1) is 8.75. The highest BCUT2D eigenvalue weighted by Crippen LogP contribution is 2.10. The van der Waals surface area contributed by atoms with Crippen LogP contribution in [0.2, 0.25) is 0 Å². The van der Waals surface area contributed by atoms with Gasteiger partial charge in [-0.05, 0) is 25.3 Å². The van der Waals surface area contributed by atoms with Crippen LogP contribution in [-0.4, -0.2) is 19.8 Å². The monoisotopic (exact) mass is 155 g/mol. The SMILES string of the molecule is NC[C@@H]1/C=C\COCCCC1. The van der Waals surface area contributed by atoms with E-state index in [4.69, 9.17) is 10.5 Å². The maximum absolute atomic E-state index is 5.58. The molecule has 1 aliphatic rings. The molecule has 0 unspecified atom stereocenters. The largest absolute Gasteiger partial charge is 0.377 e. The van der Waals surface area contributed by atoms with Crippen LogP contribution in [-0.2, 0) is 4.74 Å². The van der Waals surface area contributed by atoms with Crippen LogP contribution in [0.15, 0.2) is 12.2 Å². The molecule has 0 amide bonds. The number of hydrogen-bond donors (Lipinski definition) is 1. The molecule has 0 spiro atoms. The van der Waals surface area contributed by atoms with Crippen LogP contribution in [0.5, 0.6) is 0 Å². The van der Waals surface area contributed by atoms with Gasteiger partial charge in [0.05, 0.1) is 6.61 Å². The van der Waals surface area contributed by atoms with Gasteiger partial charge in [-0.3, -0.25) is 0 Å². The minimum Gasteiger partial charge on any atom is -0.377 e. The fourth-order valence-corrected chi connectivity index (χ4v) is 1.30. The van der Waals surface area contributed by atoms with Crippen molar-refractivity contribution in [3.63, 3.8) is 0 Å². The third kappa shape index (κ3) is 3.54. The second kappa shape index (κ2) is 5.33. The molecule has 64 valence electrons. The van der Waals surface area contributed by atoms with E-state index in [0.29, 0.717) is 5.92 Å². The van der Waals surface area contributed by atoms with Crippen molar-refractivity contribution in [3.8, 4) is 0 Å². The second-order valence-corrected chi connectivity index (χ2v) is 2.99. The highest BCUT2D eigenvalue weighted by molar-refractivity contribution is 4.89. The Balaban J connectivity index is 2.32. The van der Waals surface area contributed by atoms with E-state index in [1.807, 2.05) is 0 Å². The average molecular weight is 155 g/mol. The van der Waals surface area contributed by atoms with Crippen molar-refractivity contribution in [3.05, 3.63) is 12.2 Å². The predicted octanol–water partition coefficient (Wildman–Crippen LogP) is 1.32. The van der Waals surface area contributed by atoms with E-state index in [-0.39, 0.29) is 0 Å². The van der Waals surface area contributed by atoms with Crippen molar-refractivity contribution in [1.82, 2.24) is 0 Å². The van der Waals surface area contributed by atoms with Crippen molar-refractivity contribution in [2.45, 2.75) is 19.3 Å². The Bertz CT molecular complexity index is 123. The van der Waals surface area contributed by atoms with Crippen molar-refractivity contribution < 1.29 is 4.74 Å². The summed E-state index contributed by atoms with van der Waals surface area (Å²) in [7, 11) is 0. The zero-order valence-corrected chi connectivity index (χ0v) is 6.96. The van der Waals surface area contributed by atoms with Gasteiger partial charge in [-0.2, -0.15) is 0 Å². The maximum atomic E-state index is 5.58. The Kier molecular flexibility index (Phi) is 4.24. The van der Waals surface area contributed by atoms with E-state index in [0.717, 1.165) is 19.8 Å². The van der Waals surface area contributed by atoms with Gasteiger partial charge >= 0.3 is 0 Å². The van der Waals surface area contributed by atoms with E-state index < -0.39 is 0 Å². The first-order chi connectivity index (χ1) is 5.43. The minimum absolute atomic E-state index is 0.580. The molecular weight excluding hydrogens is 138 g/mol. The summed E-state index contributed by atoms with van der Waals surface area (Å²) in [4.78, 5) is 0. The third-order valence-corrected chi connectivity index (χ3v) is 2.04. The molecule has 0 aromatic rings. The predicted molar refractivity (Wildman–Crippen MR) is 46.4 cm³/mol. The fourth-order valence-electron chi connectivity index (χ4n) is 1.30. The van der Waals surface area contributed by atoms with E-state index in [1.54, 1.807) is 0 Å².